The summed E-state index contributed by atoms with van der Waals surface area (Å²) in [5.41, 5.74) is 2.59. The summed E-state index contributed by atoms with van der Waals surface area (Å²) in [4.78, 5) is 2.73. The van der Waals surface area contributed by atoms with Gasteiger partial charge in [0.05, 0.1) is 0 Å². The number of rotatable bonds is 4. The Kier molecular flexibility index (Phi) is 6.38. The van der Waals surface area contributed by atoms with Gasteiger partial charge < -0.3 is 0 Å². The van der Waals surface area contributed by atoms with Crippen molar-refractivity contribution in [2.45, 2.75) is 14.0 Å². The van der Waals surface area contributed by atoms with E-state index < -0.39 is 14.2 Å². The summed E-state index contributed by atoms with van der Waals surface area (Å²) in [5, 5.41) is 2.27. The molecule has 164 valence electrons. The predicted octanol–water partition coefficient (Wildman–Crippen LogP) is 8.65. The van der Waals surface area contributed by atoms with E-state index in [0.29, 0.717) is 0 Å². The molecule has 0 atom stereocenters. The molecule has 0 radical (unpaired) electrons. The van der Waals surface area contributed by atoms with Crippen molar-refractivity contribution in [3.05, 3.63) is 102 Å². The van der Waals surface area contributed by atoms with E-state index in [0.717, 1.165) is 0 Å². The van der Waals surface area contributed by atoms with E-state index in [1.807, 2.05) is 11.3 Å². The first kappa shape index (κ1) is 23.5. The molecule has 9 heteroatoms. The van der Waals surface area contributed by atoms with Gasteiger partial charge >= 0.3 is 35.0 Å². The molecule has 0 bridgehead atoms. The van der Waals surface area contributed by atoms with Crippen LogP contribution in [0.25, 0.3) is 11.1 Å². The number of hydrogen-bond acceptors (Lipinski definition) is 1. The summed E-state index contributed by atoms with van der Waals surface area (Å²) in [7, 11) is -0.0491. The van der Waals surface area contributed by atoms with Gasteiger partial charge in [-0.05, 0) is 35.4 Å². The van der Waals surface area contributed by atoms with Gasteiger partial charge in [0.2, 0.25) is 4.21 Å². The summed E-state index contributed by atoms with van der Waals surface area (Å²) in [5.74, 6) is 0. The van der Waals surface area contributed by atoms with Gasteiger partial charge in [-0.1, -0.05) is 78.1 Å². The van der Waals surface area contributed by atoms with Crippen LogP contribution in [0.5, 0.6) is 0 Å². The minimum absolute atomic E-state index is 0.0491. The molecule has 31 heavy (non-hydrogen) atoms. The molecule has 3 aromatic carbocycles. The summed E-state index contributed by atoms with van der Waals surface area (Å²) < 4.78 is 60.8. The first-order chi connectivity index (χ1) is 14.4. The molecular formula is C22H17AsF6S2. The third-order valence-corrected chi connectivity index (χ3v) is 7.36. The molecule has 0 aliphatic heterocycles. The second kappa shape index (κ2) is 8.41. The Morgan fingerprint density at radius 2 is 0.935 bits per heavy atom. The molecule has 4 aromatic rings. The van der Waals surface area contributed by atoms with Gasteiger partial charge in [0.25, 0.3) is 0 Å². The number of thiophene rings is 1. The van der Waals surface area contributed by atoms with Crippen LogP contribution in [0, 0.1) is 0 Å². The van der Waals surface area contributed by atoms with E-state index in [2.05, 4.69) is 102 Å². The molecule has 0 N–H and O–H groups in total. The average Bonchev–Trinajstić information content (AvgIpc) is 3.18. The molecule has 0 spiro atoms. The van der Waals surface area contributed by atoms with Crippen molar-refractivity contribution in [2.24, 2.45) is 0 Å². The Bertz CT molecular complexity index is 1060. The molecule has 0 unspecified atom stereocenters. The van der Waals surface area contributed by atoms with Gasteiger partial charge in [0.15, 0.2) is 9.79 Å². The van der Waals surface area contributed by atoms with Crippen molar-refractivity contribution in [3.63, 3.8) is 0 Å². The second-order valence-corrected chi connectivity index (χ2v) is 13.6. The molecule has 1 aromatic heterocycles. The Labute approximate surface area is 184 Å². The maximum absolute atomic E-state index is 11.1. The zero-order chi connectivity index (χ0) is 22.6. The Morgan fingerprint density at radius 1 is 0.548 bits per heavy atom. The number of benzene rings is 3. The van der Waals surface area contributed by atoms with E-state index in [4.69, 9.17) is 0 Å². The summed E-state index contributed by atoms with van der Waals surface area (Å²) in [6, 6.07) is 34.6. The van der Waals surface area contributed by atoms with E-state index in [1.54, 1.807) is 0 Å². The monoisotopic (exact) mass is 534 g/mol. The number of hydrogen-bond donors (Lipinski definition) is 0. The van der Waals surface area contributed by atoms with Gasteiger partial charge in [-0.3, -0.25) is 0 Å². The third-order valence-electron chi connectivity index (χ3n) is 3.84. The Hall–Kier alpha value is -2.15. The van der Waals surface area contributed by atoms with Crippen LogP contribution in [0.1, 0.15) is 0 Å². The van der Waals surface area contributed by atoms with Crippen LogP contribution in [0.2, 0.25) is 0 Å². The maximum Gasteiger partial charge on any atom is 0.220 e. The molecule has 0 aliphatic carbocycles. The van der Waals surface area contributed by atoms with Crippen molar-refractivity contribution in [3.8, 4) is 11.1 Å². The fourth-order valence-corrected chi connectivity index (χ4v) is 6.28. The maximum atomic E-state index is 9.91. The van der Waals surface area contributed by atoms with Gasteiger partial charge in [0.1, 0.15) is 10.9 Å². The molecule has 1 heterocycles. The molecule has 4 rings (SSSR count). The molecule has 0 amide bonds. The summed E-state index contributed by atoms with van der Waals surface area (Å²) >= 11 is -9.21. The van der Waals surface area contributed by atoms with Crippen LogP contribution in [-0.4, -0.2) is 14.2 Å². The number of halogens is 6. The van der Waals surface area contributed by atoms with Crippen molar-refractivity contribution in [2.75, 3.05) is 0 Å². The summed E-state index contributed by atoms with van der Waals surface area (Å²) in [6.07, 6.45) is 0. The predicted molar refractivity (Wildman–Crippen MR) is 117 cm³/mol. The van der Waals surface area contributed by atoms with Gasteiger partial charge in [-0.25, -0.2) is 0 Å². The van der Waals surface area contributed by atoms with Crippen LogP contribution in [0.4, 0.5) is 20.8 Å². The fraction of sp³-hybridized carbons (Fsp3) is 0. The molecule has 0 fully saturated rings. The van der Waals surface area contributed by atoms with Crippen molar-refractivity contribution in [1.82, 2.24) is 0 Å². The zero-order valence-electron chi connectivity index (χ0n) is 15.8. The van der Waals surface area contributed by atoms with Gasteiger partial charge in [-0.2, -0.15) is 0 Å². The van der Waals surface area contributed by atoms with Gasteiger partial charge in [0, 0.05) is 11.4 Å². The van der Waals surface area contributed by atoms with Crippen LogP contribution in [0.3, 0.4) is 0 Å². The van der Waals surface area contributed by atoms with Crippen molar-refractivity contribution >= 4 is 36.4 Å². The van der Waals surface area contributed by atoms with Crippen LogP contribution in [0.15, 0.2) is 116 Å². The van der Waals surface area contributed by atoms with E-state index in [-0.39, 0.29) is 10.9 Å². The van der Waals surface area contributed by atoms with E-state index in [1.165, 1.54) is 25.1 Å². The minimum atomic E-state index is -11.1. The normalized spacial score (nSPS) is 13.6. The Morgan fingerprint density at radius 3 is 1.35 bits per heavy atom. The Balaban J connectivity index is 0.000000339. The zero-order valence-corrected chi connectivity index (χ0v) is 19.4. The minimum Gasteiger partial charge on any atom is -0.0929 e. The van der Waals surface area contributed by atoms with Crippen LogP contribution >= 0.6 is 11.3 Å². The van der Waals surface area contributed by atoms with Crippen molar-refractivity contribution in [1.29, 1.82) is 0 Å². The van der Waals surface area contributed by atoms with Crippen LogP contribution in [-0.2, 0) is 10.9 Å². The van der Waals surface area contributed by atoms with E-state index in [9.17, 15) is 20.8 Å². The second-order valence-electron chi connectivity index (χ2n) is 6.41. The SMILES string of the molecule is F[As-](F)(F)(F)(F)F.c1ccc(-c2csc([S+](c3ccccc3)c3ccccc3)c2)cc1. The smallest absolute Gasteiger partial charge is 0.0929 e. The first-order valence-electron chi connectivity index (χ1n) is 8.91. The quantitative estimate of drug-likeness (QED) is 0.140. The fourth-order valence-electron chi connectivity index (χ4n) is 2.69. The van der Waals surface area contributed by atoms with Gasteiger partial charge in [-0.15, -0.1) is 0 Å². The molecule has 0 aliphatic rings. The van der Waals surface area contributed by atoms with Crippen molar-refractivity contribution < 1.29 is 20.8 Å². The molecule has 0 saturated heterocycles. The average molecular weight is 534 g/mol. The van der Waals surface area contributed by atoms with Crippen LogP contribution < -0.4 is 0 Å². The summed E-state index contributed by atoms with van der Waals surface area (Å²) in [6.45, 7) is 0. The molecule has 0 nitrogen and oxygen atoms in total. The third kappa shape index (κ3) is 8.48. The van der Waals surface area contributed by atoms with E-state index >= 15 is 0 Å². The molecular weight excluding hydrogens is 517 g/mol. The molecule has 0 saturated carbocycles. The largest absolute Gasteiger partial charge is 0.220 e. The standard InChI is InChI=1S/C22H17S2.AsF6/c1-4-10-18(11-5-1)19-16-22(23-17-19)24(20-12-6-2-7-13-20)21-14-8-3-9-15-21;2-1(3,4,5,6)7/h1-17H;/q+1;-1. The first-order valence-corrected chi connectivity index (χ1v) is 15.3. The topological polar surface area (TPSA) is 0 Å².